The van der Waals surface area contributed by atoms with Crippen LogP contribution >= 0.6 is 24.0 Å². The second-order valence-corrected chi connectivity index (χ2v) is 7.59. The third-order valence-corrected chi connectivity index (χ3v) is 5.18. The van der Waals surface area contributed by atoms with Gasteiger partial charge in [0, 0.05) is 39.9 Å². The molecule has 1 aliphatic heterocycles. The fourth-order valence-corrected chi connectivity index (χ4v) is 3.45. The molecule has 0 saturated carbocycles. The molecule has 1 atom stereocenters. The molecule has 2 heterocycles. The smallest absolute Gasteiger partial charge is 0.193 e. The molecule has 1 fully saturated rings. The zero-order valence-electron chi connectivity index (χ0n) is 18.9. The van der Waals surface area contributed by atoms with Gasteiger partial charge in [0.15, 0.2) is 5.96 Å². The molecule has 1 aliphatic rings. The molecule has 0 spiro atoms. The van der Waals surface area contributed by atoms with Gasteiger partial charge in [0.1, 0.15) is 18.2 Å². The summed E-state index contributed by atoms with van der Waals surface area (Å²) in [5.41, 5.74) is 2.32. The van der Waals surface area contributed by atoms with Crippen molar-refractivity contribution in [1.82, 2.24) is 15.2 Å². The maximum absolute atomic E-state index is 5.91. The number of benzene rings is 1. The Balaban J connectivity index is 0.00000341. The molecule has 0 bridgehead atoms. The number of nitrogens with one attached hydrogen (secondary N) is 1. The van der Waals surface area contributed by atoms with Gasteiger partial charge in [-0.1, -0.05) is 18.2 Å². The van der Waals surface area contributed by atoms with E-state index in [1.54, 1.807) is 7.05 Å². The van der Waals surface area contributed by atoms with Crippen LogP contribution in [0.3, 0.4) is 0 Å². The van der Waals surface area contributed by atoms with Crippen molar-refractivity contribution in [2.24, 2.45) is 4.99 Å². The number of aromatic nitrogens is 1. The molecule has 1 aromatic carbocycles. The standard InChI is InChI=1S/C23H33N5O2.HI/c1-18-7-5-6-8-21(18)30-13-11-27(4)23(24-3)26-16-20-9-10-25-22(15-20)28-12-14-29-19(2)17-28;/h5-10,15,19H,11-14,16-17H2,1-4H3,(H,24,26);1H. The number of pyridine rings is 1. The quantitative estimate of drug-likeness (QED) is 0.331. The lowest BCUT2D eigenvalue weighted by Gasteiger charge is -2.32. The van der Waals surface area contributed by atoms with Crippen molar-refractivity contribution in [1.29, 1.82) is 0 Å². The topological polar surface area (TPSA) is 62.2 Å². The summed E-state index contributed by atoms with van der Waals surface area (Å²) in [5, 5.41) is 3.43. The minimum atomic E-state index is 0. The average molecular weight is 539 g/mol. The summed E-state index contributed by atoms with van der Waals surface area (Å²) in [6, 6.07) is 12.2. The molecule has 2 aromatic rings. The van der Waals surface area contributed by atoms with Gasteiger partial charge in [0.25, 0.3) is 0 Å². The number of para-hydroxylation sites is 1. The van der Waals surface area contributed by atoms with E-state index in [0.29, 0.717) is 13.2 Å². The van der Waals surface area contributed by atoms with E-state index in [4.69, 9.17) is 9.47 Å². The van der Waals surface area contributed by atoms with Crippen LogP contribution in [0, 0.1) is 6.92 Å². The molecule has 0 radical (unpaired) electrons. The summed E-state index contributed by atoms with van der Waals surface area (Å²) >= 11 is 0. The summed E-state index contributed by atoms with van der Waals surface area (Å²) in [6.07, 6.45) is 2.10. The first kappa shape index (κ1) is 25.2. The lowest BCUT2D eigenvalue weighted by atomic mass is 10.2. The van der Waals surface area contributed by atoms with Crippen LogP contribution in [0.25, 0.3) is 0 Å². The Morgan fingerprint density at radius 1 is 1.35 bits per heavy atom. The van der Waals surface area contributed by atoms with Gasteiger partial charge < -0.3 is 24.6 Å². The number of hydrogen-bond acceptors (Lipinski definition) is 5. The van der Waals surface area contributed by atoms with Crippen molar-refractivity contribution in [3.63, 3.8) is 0 Å². The maximum Gasteiger partial charge on any atom is 0.193 e. The van der Waals surface area contributed by atoms with Gasteiger partial charge in [-0.15, -0.1) is 24.0 Å². The minimum Gasteiger partial charge on any atom is -0.491 e. The zero-order chi connectivity index (χ0) is 21.3. The Labute approximate surface area is 202 Å². The molecule has 0 aliphatic carbocycles. The summed E-state index contributed by atoms with van der Waals surface area (Å²) < 4.78 is 11.5. The fraction of sp³-hybridized carbons (Fsp3) is 0.478. The van der Waals surface area contributed by atoms with Crippen LogP contribution in [-0.4, -0.2) is 68.9 Å². The predicted molar refractivity (Wildman–Crippen MR) is 137 cm³/mol. The first-order valence-electron chi connectivity index (χ1n) is 10.5. The first-order valence-corrected chi connectivity index (χ1v) is 10.5. The summed E-state index contributed by atoms with van der Waals surface area (Å²) in [6.45, 7) is 8.66. The van der Waals surface area contributed by atoms with Crippen LogP contribution in [-0.2, 0) is 11.3 Å². The van der Waals surface area contributed by atoms with Crippen molar-refractivity contribution < 1.29 is 9.47 Å². The summed E-state index contributed by atoms with van der Waals surface area (Å²) in [7, 11) is 3.82. The van der Waals surface area contributed by atoms with Crippen molar-refractivity contribution in [2.75, 3.05) is 51.8 Å². The van der Waals surface area contributed by atoms with Crippen LogP contribution in [0.2, 0.25) is 0 Å². The number of nitrogens with zero attached hydrogens (tertiary/aromatic N) is 4. The molecule has 31 heavy (non-hydrogen) atoms. The van der Waals surface area contributed by atoms with E-state index in [1.165, 1.54) is 5.56 Å². The normalized spacial score (nSPS) is 16.5. The number of likely N-dealkylation sites (N-methyl/N-ethyl adjacent to an activating group) is 1. The van der Waals surface area contributed by atoms with Gasteiger partial charge in [-0.05, 0) is 43.2 Å². The number of guanidine groups is 1. The number of morpholine rings is 1. The van der Waals surface area contributed by atoms with E-state index in [-0.39, 0.29) is 30.1 Å². The number of rotatable bonds is 7. The molecule has 7 nitrogen and oxygen atoms in total. The SMILES string of the molecule is CN=C(NCc1ccnc(N2CCOC(C)C2)c1)N(C)CCOc1ccccc1C.I. The highest BCUT2D eigenvalue weighted by Crippen LogP contribution is 2.17. The van der Waals surface area contributed by atoms with E-state index in [0.717, 1.165) is 49.3 Å². The van der Waals surface area contributed by atoms with Crippen LogP contribution in [0.4, 0.5) is 5.82 Å². The Morgan fingerprint density at radius 2 is 2.16 bits per heavy atom. The highest BCUT2D eigenvalue weighted by atomic mass is 127. The number of aliphatic imine (C=N–C) groups is 1. The molecule has 1 saturated heterocycles. The van der Waals surface area contributed by atoms with Crippen molar-refractivity contribution >= 4 is 35.8 Å². The molecule has 3 rings (SSSR count). The Hall–Kier alpha value is -2.07. The lowest BCUT2D eigenvalue weighted by molar-refractivity contribution is 0.0529. The van der Waals surface area contributed by atoms with E-state index in [9.17, 15) is 0 Å². The van der Waals surface area contributed by atoms with Gasteiger partial charge in [-0.3, -0.25) is 4.99 Å². The highest BCUT2D eigenvalue weighted by Gasteiger charge is 2.18. The molecular formula is C23H34IN5O2. The monoisotopic (exact) mass is 539 g/mol. The summed E-state index contributed by atoms with van der Waals surface area (Å²) in [4.78, 5) is 13.3. The molecular weight excluding hydrogens is 505 g/mol. The number of ether oxygens (including phenoxy) is 2. The molecule has 1 unspecified atom stereocenters. The van der Waals surface area contributed by atoms with Crippen LogP contribution in [0.15, 0.2) is 47.6 Å². The van der Waals surface area contributed by atoms with Crippen LogP contribution in [0.1, 0.15) is 18.1 Å². The van der Waals surface area contributed by atoms with Gasteiger partial charge in [0.2, 0.25) is 0 Å². The molecule has 170 valence electrons. The van der Waals surface area contributed by atoms with Gasteiger partial charge in [-0.2, -0.15) is 0 Å². The number of aryl methyl sites for hydroxylation is 1. The second kappa shape index (κ2) is 12.7. The highest BCUT2D eigenvalue weighted by molar-refractivity contribution is 14.0. The largest absolute Gasteiger partial charge is 0.491 e. The lowest BCUT2D eigenvalue weighted by Crippen LogP contribution is -2.42. The molecule has 8 heteroatoms. The number of halogens is 1. The van der Waals surface area contributed by atoms with Crippen molar-refractivity contribution in [3.05, 3.63) is 53.7 Å². The maximum atomic E-state index is 5.91. The number of hydrogen-bond donors (Lipinski definition) is 1. The zero-order valence-corrected chi connectivity index (χ0v) is 21.2. The van der Waals surface area contributed by atoms with Crippen LogP contribution in [0.5, 0.6) is 5.75 Å². The minimum absolute atomic E-state index is 0. The average Bonchev–Trinajstić information content (AvgIpc) is 2.76. The summed E-state index contributed by atoms with van der Waals surface area (Å²) in [5.74, 6) is 2.76. The predicted octanol–water partition coefficient (Wildman–Crippen LogP) is 3.32. The van der Waals surface area contributed by atoms with Gasteiger partial charge >= 0.3 is 0 Å². The Kier molecular flexibility index (Phi) is 10.3. The van der Waals surface area contributed by atoms with E-state index in [2.05, 4.69) is 51.1 Å². The molecule has 0 amide bonds. The van der Waals surface area contributed by atoms with E-state index < -0.39 is 0 Å². The Morgan fingerprint density at radius 3 is 2.90 bits per heavy atom. The van der Waals surface area contributed by atoms with Crippen LogP contribution < -0.4 is 15.0 Å². The van der Waals surface area contributed by atoms with Gasteiger partial charge in [0.05, 0.1) is 19.3 Å². The van der Waals surface area contributed by atoms with Crippen molar-refractivity contribution in [2.45, 2.75) is 26.5 Å². The first-order chi connectivity index (χ1) is 14.6. The second-order valence-electron chi connectivity index (χ2n) is 7.59. The molecule has 1 N–H and O–H groups in total. The van der Waals surface area contributed by atoms with Gasteiger partial charge in [-0.25, -0.2) is 4.98 Å². The third-order valence-electron chi connectivity index (χ3n) is 5.18. The van der Waals surface area contributed by atoms with E-state index >= 15 is 0 Å². The fourth-order valence-electron chi connectivity index (χ4n) is 3.45. The third kappa shape index (κ3) is 7.53. The Bertz CT molecular complexity index is 848. The van der Waals surface area contributed by atoms with Crippen molar-refractivity contribution in [3.8, 4) is 5.75 Å². The van der Waals surface area contributed by atoms with E-state index in [1.807, 2.05) is 37.5 Å². The number of anilines is 1. The molecule has 1 aromatic heterocycles.